The van der Waals surface area contributed by atoms with E-state index in [4.69, 9.17) is 0 Å². The van der Waals surface area contributed by atoms with Crippen LogP contribution >= 0.6 is 0 Å². The first kappa shape index (κ1) is 45.7. The van der Waals surface area contributed by atoms with Gasteiger partial charge in [-0.05, 0) is 173 Å². The smallest absolute Gasteiger partial charge is 0.0644 e. The summed E-state index contributed by atoms with van der Waals surface area (Å²) >= 11 is 0. The Bertz CT molecular complexity index is 3810. The van der Waals surface area contributed by atoms with Crippen LogP contribution in [0.1, 0.15) is 0 Å². The van der Waals surface area contributed by atoms with Crippen LogP contribution in [0.25, 0.3) is 88.3 Å². The molecule has 358 valence electrons. The summed E-state index contributed by atoms with van der Waals surface area (Å²) in [6.07, 6.45) is 7.49. The van der Waals surface area contributed by atoms with Crippen molar-refractivity contribution in [2.24, 2.45) is 0 Å². The lowest BCUT2D eigenvalue weighted by atomic mass is 9.84. The number of aromatic nitrogens is 2. The molecule has 0 bridgehead atoms. The molecule has 0 saturated heterocycles. The zero-order valence-corrected chi connectivity index (χ0v) is 41.7. The van der Waals surface area contributed by atoms with Crippen molar-refractivity contribution in [3.63, 3.8) is 0 Å². The predicted molar refractivity (Wildman–Crippen MR) is 319 cm³/mol. The molecule has 13 aromatic rings. The summed E-state index contributed by atoms with van der Waals surface area (Å²) in [5, 5.41) is 4.83. The van der Waals surface area contributed by atoms with E-state index < -0.39 is 0 Å². The standard InChI is InChI=1S/C72H50N4/c1-5-15-51(16-6-1)53-25-35-61(36-26-53)75(65-23-13-45-73-49-65)63-39-29-55(30-40-63)59-33-43-67-69(47-59)71(57-19-9-3-10-20-57)68-44-34-60(48-70(68)72(67)58-21-11-4-12-22-58)56-31-41-64(42-32-56)76(66-24-14-46-74-50-66)62-37-27-54(28-38-62)52-17-7-2-8-18-52/h1-50H. The van der Waals surface area contributed by atoms with E-state index in [0.717, 1.165) is 56.4 Å². The number of fused-ring (bicyclic) bond motifs is 2. The summed E-state index contributed by atoms with van der Waals surface area (Å²) in [4.78, 5) is 13.6. The fourth-order valence-corrected chi connectivity index (χ4v) is 10.8. The summed E-state index contributed by atoms with van der Waals surface area (Å²) in [5.74, 6) is 0. The molecule has 76 heavy (non-hydrogen) atoms. The Morgan fingerprint density at radius 3 is 0.776 bits per heavy atom. The van der Waals surface area contributed by atoms with Crippen molar-refractivity contribution in [2.45, 2.75) is 0 Å². The van der Waals surface area contributed by atoms with Crippen LogP contribution < -0.4 is 9.80 Å². The molecule has 0 radical (unpaired) electrons. The highest BCUT2D eigenvalue weighted by Crippen LogP contribution is 2.47. The summed E-state index contributed by atoms with van der Waals surface area (Å²) in [6, 6.07) is 100. The molecule has 2 aromatic heterocycles. The van der Waals surface area contributed by atoms with E-state index in [1.807, 2.05) is 36.9 Å². The maximum Gasteiger partial charge on any atom is 0.0644 e. The minimum Gasteiger partial charge on any atom is -0.309 e. The maximum atomic E-state index is 4.51. The molecule has 0 amide bonds. The fraction of sp³-hybridized carbons (Fsp3) is 0. The molecule has 4 heteroatoms. The first-order chi connectivity index (χ1) is 37.7. The summed E-state index contributed by atoms with van der Waals surface area (Å²) in [7, 11) is 0. The molecule has 0 fully saturated rings. The Labute approximate surface area is 443 Å². The van der Waals surface area contributed by atoms with Crippen molar-refractivity contribution in [3.8, 4) is 66.8 Å². The lowest BCUT2D eigenvalue weighted by Gasteiger charge is -2.25. The molecule has 0 aliphatic carbocycles. The first-order valence-electron chi connectivity index (χ1n) is 25.8. The number of rotatable bonds is 12. The number of pyridine rings is 2. The van der Waals surface area contributed by atoms with Gasteiger partial charge in [-0.3, -0.25) is 9.97 Å². The van der Waals surface area contributed by atoms with Gasteiger partial charge in [0.2, 0.25) is 0 Å². The zero-order chi connectivity index (χ0) is 50.6. The number of benzene rings is 11. The van der Waals surface area contributed by atoms with E-state index in [2.05, 4.69) is 287 Å². The average Bonchev–Trinajstić information content (AvgIpc) is 3.53. The van der Waals surface area contributed by atoms with Crippen LogP contribution in [0, 0.1) is 0 Å². The molecule has 11 aromatic carbocycles. The summed E-state index contributed by atoms with van der Waals surface area (Å²) in [6.45, 7) is 0. The fourth-order valence-electron chi connectivity index (χ4n) is 10.8. The first-order valence-corrected chi connectivity index (χ1v) is 25.8. The minimum atomic E-state index is 0.995. The van der Waals surface area contributed by atoms with Crippen LogP contribution in [-0.4, -0.2) is 9.97 Å². The van der Waals surface area contributed by atoms with E-state index in [1.165, 1.54) is 66.1 Å². The third-order valence-electron chi connectivity index (χ3n) is 14.4. The van der Waals surface area contributed by atoms with E-state index in [1.54, 1.807) is 0 Å². The van der Waals surface area contributed by atoms with E-state index in [-0.39, 0.29) is 0 Å². The second-order valence-electron chi connectivity index (χ2n) is 19.0. The summed E-state index contributed by atoms with van der Waals surface area (Å²) in [5.41, 5.74) is 20.4. The second-order valence-corrected chi connectivity index (χ2v) is 19.0. The predicted octanol–water partition coefficient (Wildman–Crippen LogP) is 19.7. The molecule has 0 N–H and O–H groups in total. The number of hydrogen-bond acceptors (Lipinski definition) is 4. The highest BCUT2D eigenvalue weighted by molar-refractivity contribution is 6.22. The molecule has 13 rings (SSSR count). The van der Waals surface area contributed by atoms with Gasteiger partial charge in [-0.2, -0.15) is 0 Å². The molecular weight excluding hydrogens is 921 g/mol. The molecule has 0 atom stereocenters. The van der Waals surface area contributed by atoms with Gasteiger partial charge in [-0.15, -0.1) is 0 Å². The van der Waals surface area contributed by atoms with Crippen LogP contribution in [0.5, 0.6) is 0 Å². The topological polar surface area (TPSA) is 32.3 Å². The number of hydrogen-bond donors (Lipinski definition) is 0. The number of anilines is 6. The van der Waals surface area contributed by atoms with E-state index in [9.17, 15) is 0 Å². The van der Waals surface area contributed by atoms with Crippen molar-refractivity contribution in [1.82, 2.24) is 9.97 Å². The molecule has 4 nitrogen and oxygen atoms in total. The quantitative estimate of drug-likeness (QED) is 0.114. The van der Waals surface area contributed by atoms with Gasteiger partial charge in [0.15, 0.2) is 0 Å². The van der Waals surface area contributed by atoms with Crippen LogP contribution in [-0.2, 0) is 0 Å². The normalized spacial score (nSPS) is 11.2. The van der Waals surface area contributed by atoms with Gasteiger partial charge in [-0.25, -0.2) is 0 Å². The Kier molecular flexibility index (Phi) is 12.3. The van der Waals surface area contributed by atoms with Crippen LogP contribution in [0.2, 0.25) is 0 Å². The van der Waals surface area contributed by atoms with Gasteiger partial charge in [0, 0.05) is 35.1 Å². The SMILES string of the molecule is c1ccc(-c2ccc(N(c3ccc(-c4ccc5c(-c6ccccc6)c6cc(-c7ccc(N(c8ccc(-c9ccccc9)cc8)c8cccnc8)cc7)ccc6c(-c6ccccc6)c5c4)cc3)c3cccnc3)cc2)cc1. The van der Waals surface area contributed by atoms with Crippen LogP contribution in [0.4, 0.5) is 34.1 Å². The molecular formula is C72H50N4. The third kappa shape index (κ3) is 8.95. The van der Waals surface area contributed by atoms with Crippen LogP contribution in [0.3, 0.4) is 0 Å². The Hall–Kier alpha value is -10.2. The van der Waals surface area contributed by atoms with Crippen LogP contribution in [0.15, 0.2) is 304 Å². The van der Waals surface area contributed by atoms with E-state index in [0.29, 0.717) is 0 Å². The molecule has 0 aliphatic heterocycles. The van der Waals surface area contributed by atoms with E-state index >= 15 is 0 Å². The van der Waals surface area contributed by atoms with Gasteiger partial charge in [-0.1, -0.05) is 194 Å². The lowest BCUT2D eigenvalue weighted by molar-refractivity contribution is 1.23. The van der Waals surface area contributed by atoms with Crippen molar-refractivity contribution in [2.75, 3.05) is 9.80 Å². The van der Waals surface area contributed by atoms with Gasteiger partial charge in [0.25, 0.3) is 0 Å². The maximum absolute atomic E-state index is 4.51. The highest BCUT2D eigenvalue weighted by Gasteiger charge is 2.20. The molecule has 0 unspecified atom stereocenters. The van der Waals surface area contributed by atoms with Crippen molar-refractivity contribution in [3.05, 3.63) is 304 Å². The zero-order valence-electron chi connectivity index (χ0n) is 41.7. The van der Waals surface area contributed by atoms with Crippen molar-refractivity contribution >= 4 is 55.7 Å². The van der Waals surface area contributed by atoms with Gasteiger partial charge >= 0.3 is 0 Å². The molecule has 2 heterocycles. The average molecular weight is 971 g/mol. The monoisotopic (exact) mass is 970 g/mol. The Morgan fingerprint density at radius 1 is 0.197 bits per heavy atom. The Morgan fingerprint density at radius 2 is 0.474 bits per heavy atom. The lowest BCUT2D eigenvalue weighted by Crippen LogP contribution is -2.10. The highest BCUT2D eigenvalue weighted by atomic mass is 15.2. The minimum absolute atomic E-state index is 0.995. The van der Waals surface area contributed by atoms with Gasteiger partial charge < -0.3 is 9.80 Å². The Balaban J connectivity index is 0.897. The molecule has 0 spiro atoms. The van der Waals surface area contributed by atoms with Crippen molar-refractivity contribution in [1.29, 1.82) is 0 Å². The third-order valence-corrected chi connectivity index (χ3v) is 14.4. The molecule has 0 saturated carbocycles. The largest absolute Gasteiger partial charge is 0.309 e. The van der Waals surface area contributed by atoms with Gasteiger partial charge in [0.1, 0.15) is 0 Å². The van der Waals surface area contributed by atoms with Crippen molar-refractivity contribution < 1.29 is 0 Å². The summed E-state index contributed by atoms with van der Waals surface area (Å²) < 4.78 is 0. The number of nitrogens with zero attached hydrogens (tertiary/aromatic N) is 4. The van der Waals surface area contributed by atoms with Gasteiger partial charge in [0.05, 0.1) is 23.8 Å². The second kappa shape index (κ2) is 20.4. The molecule has 0 aliphatic rings.